The second-order valence-electron chi connectivity index (χ2n) is 6.27. The molecule has 1 aromatic heterocycles. The van der Waals surface area contributed by atoms with Crippen molar-refractivity contribution in [1.29, 1.82) is 0 Å². The van der Waals surface area contributed by atoms with E-state index in [-0.39, 0.29) is 5.56 Å². The zero-order chi connectivity index (χ0) is 20.1. The molecule has 0 bridgehead atoms. The van der Waals surface area contributed by atoms with Crippen molar-refractivity contribution in [1.82, 2.24) is 9.97 Å². The van der Waals surface area contributed by atoms with Gasteiger partial charge in [0.05, 0.1) is 12.8 Å². The van der Waals surface area contributed by atoms with Crippen LogP contribution in [0.25, 0.3) is 11.3 Å². The zero-order valence-corrected chi connectivity index (χ0v) is 15.8. The second kappa shape index (κ2) is 8.31. The van der Waals surface area contributed by atoms with Crippen LogP contribution in [0.3, 0.4) is 0 Å². The van der Waals surface area contributed by atoms with Gasteiger partial charge in [0.1, 0.15) is 17.2 Å². The molecule has 2 N–H and O–H groups in total. The van der Waals surface area contributed by atoms with Gasteiger partial charge in [-0.1, -0.05) is 18.2 Å². The molecule has 0 aliphatic rings. The third-order valence-electron chi connectivity index (χ3n) is 4.22. The van der Waals surface area contributed by atoms with Crippen LogP contribution < -0.4 is 20.3 Å². The van der Waals surface area contributed by atoms with Crippen molar-refractivity contribution < 1.29 is 9.47 Å². The molecule has 0 spiro atoms. The lowest BCUT2D eigenvalue weighted by atomic mass is 10.1. The Bertz CT molecular complexity index is 1140. The SMILES string of the molecule is COc1ccc(-c2cc(=O)[nH]c(Nc3ccc(Oc4ccccc4)cc3)n2)cc1. The minimum Gasteiger partial charge on any atom is -0.497 e. The number of nitrogens with one attached hydrogen (secondary N) is 2. The largest absolute Gasteiger partial charge is 0.497 e. The van der Waals surface area contributed by atoms with Gasteiger partial charge in [-0.15, -0.1) is 0 Å². The van der Waals surface area contributed by atoms with Gasteiger partial charge in [0.15, 0.2) is 0 Å². The minimum absolute atomic E-state index is 0.239. The van der Waals surface area contributed by atoms with Gasteiger partial charge in [0.2, 0.25) is 5.95 Å². The van der Waals surface area contributed by atoms with Crippen molar-refractivity contribution in [2.45, 2.75) is 0 Å². The van der Waals surface area contributed by atoms with Crippen LogP contribution in [0.1, 0.15) is 0 Å². The van der Waals surface area contributed by atoms with Crippen LogP contribution in [0.5, 0.6) is 17.2 Å². The van der Waals surface area contributed by atoms with Crippen molar-refractivity contribution in [3.63, 3.8) is 0 Å². The molecule has 4 rings (SSSR count). The Balaban J connectivity index is 1.51. The van der Waals surface area contributed by atoms with E-state index >= 15 is 0 Å². The lowest BCUT2D eigenvalue weighted by Crippen LogP contribution is -2.10. The van der Waals surface area contributed by atoms with E-state index in [2.05, 4.69) is 15.3 Å². The lowest BCUT2D eigenvalue weighted by molar-refractivity contribution is 0.415. The molecule has 0 fully saturated rings. The summed E-state index contributed by atoms with van der Waals surface area (Å²) in [7, 11) is 1.61. The Morgan fingerprint density at radius 2 is 1.48 bits per heavy atom. The van der Waals surface area contributed by atoms with E-state index in [1.54, 1.807) is 7.11 Å². The summed E-state index contributed by atoms with van der Waals surface area (Å²) < 4.78 is 11.0. The van der Waals surface area contributed by atoms with Crippen LogP contribution in [0.4, 0.5) is 11.6 Å². The Morgan fingerprint density at radius 3 is 2.17 bits per heavy atom. The van der Waals surface area contributed by atoms with Crippen LogP contribution in [0.2, 0.25) is 0 Å². The molecule has 4 aromatic rings. The maximum atomic E-state index is 12.1. The molecule has 0 radical (unpaired) electrons. The van der Waals surface area contributed by atoms with Crippen LogP contribution in [-0.4, -0.2) is 17.1 Å². The molecule has 144 valence electrons. The van der Waals surface area contributed by atoms with Crippen LogP contribution in [0.15, 0.2) is 89.7 Å². The van der Waals surface area contributed by atoms with Gasteiger partial charge in [0, 0.05) is 17.3 Å². The normalized spacial score (nSPS) is 10.4. The van der Waals surface area contributed by atoms with E-state index in [1.165, 1.54) is 6.07 Å². The number of rotatable bonds is 6. The molecular weight excluding hydrogens is 366 g/mol. The summed E-state index contributed by atoms with van der Waals surface area (Å²) in [4.78, 5) is 19.3. The standard InChI is InChI=1S/C23H19N3O3/c1-28-18-11-7-16(8-12-18)21-15-22(27)26-23(25-21)24-17-9-13-20(14-10-17)29-19-5-3-2-4-6-19/h2-15H,1H3,(H2,24,25,26,27). The average Bonchev–Trinajstić information content (AvgIpc) is 2.75. The van der Waals surface area contributed by atoms with Gasteiger partial charge in [-0.3, -0.25) is 9.78 Å². The number of benzene rings is 3. The first-order chi connectivity index (χ1) is 14.2. The fourth-order valence-corrected chi connectivity index (χ4v) is 2.79. The Morgan fingerprint density at radius 1 is 0.828 bits per heavy atom. The number of hydrogen-bond acceptors (Lipinski definition) is 5. The molecule has 29 heavy (non-hydrogen) atoms. The van der Waals surface area contributed by atoms with E-state index in [1.807, 2.05) is 78.9 Å². The number of anilines is 2. The molecule has 0 unspecified atom stereocenters. The van der Waals surface area contributed by atoms with Gasteiger partial charge in [-0.05, 0) is 60.7 Å². The zero-order valence-electron chi connectivity index (χ0n) is 15.8. The minimum atomic E-state index is -0.239. The molecule has 6 nitrogen and oxygen atoms in total. The fourth-order valence-electron chi connectivity index (χ4n) is 2.79. The second-order valence-corrected chi connectivity index (χ2v) is 6.27. The molecule has 0 saturated heterocycles. The first kappa shape index (κ1) is 18.3. The third-order valence-corrected chi connectivity index (χ3v) is 4.22. The summed E-state index contributed by atoms with van der Waals surface area (Å²) >= 11 is 0. The van der Waals surface area contributed by atoms with Gasteiger partial charge in [-0.2, -0.15) is 0 Å². The van der Waals surface area contributed by atoms with Crippen molar-refractivity contribution >= 4 is 11.6 Å². The lowest BCUT2D eigenvalue weighted by Gasteiger charge is -2.09. The molecule has 3 aromatic carbocycles. The highest BCUT2D eigenvalue weighted by Gasteiger charge is 2.06. The van der Waals surface area contributed by atoms with Crippen molar-refractivity contribution in [3.8, 4) is 28.5 Å². The Hall–Kier alpha value is -4.06. The molecular formula is C23H19N3O3. The average molecular weight is 385 g/mol. The fraction of sp³-hybridized carbons (Fsp3) is 0.0435. The molecule has 1 heterocycles. The Labute approximate surface area is 167 Å². The van der Waals surface area contributed by atoms with Gasteiger partial charge < -0.3 is 14.8 Å². The number of ether oxygens (including phenoxy) is 2. The van der Waals surface area contributed by atoms with Crippen molar-refractivity contribution in [3.05, 3.63) is 95.3 Å². The summed E-state index contributed by atoms with van der Waals surface area (Å²) in [5, 5.41) is 3.12. The van der Waals surface area contributed by atoms with E-state index < -0.39 is 0 Å². The highest BCUT2D eigenvalue weighted by atomic mass is 16.5. The number of aromatic nitrogens is 2. The summed E-state index contributed by atoms with van der Waals surface area (Å²) in [6.07, 6.45) is 0. The summed E-state index contributed by atoms with van der Waals surface area (Å²) in [6.45, 7) is 0. The summed E-state index contributed by atoms with van der Waals surface area (Å²) in [6, 6.07) is 25.8. The molecule has 0 atom stereocenters. The predicted molar refractivity (Wildman–Crippen MR) is 113 cm³/mol. The van der Waals surface area contributed by atoms with Gasteiger partial charge in [0.25, 0.3) is 5.56 Å². The summed E-state index contributed by atoms with van der Waals surface area (Å²) in [5.74, 6) is 2.59. The smallest absolute Gasteiger partial charge is 0.252 e. The first-order valence-corrected chi connectivity index (χ1v) is 9.05. The van der Waals surface area contributed by atoms with E-state index in [4.69, 9.17) is 9.47 Å². The number of para-hydroxylation sites is 1. The number of methoxy groups -OCH3 is 1. The molecule has 0 amide bonds. The van der Waals surface area contributed by atoms with Gasteiger partial charge >= 0.3 is 0 Å². The highest BCUT2D eigenvalue weighted by molar-refractivity contribution is 5.63. The van der Waals surface area contributed by atoms with E-state index in [0.29, 0.717) is 11.6 Å². The van der Waals surface area contributed by atoms with Crippen molar-refractivity contribution in [2.75, 3.05) is 12.4 Å². The number of aromatic amines is 1. The predicted octanol–water partition coefficient (Wildman–Crippen LogP) is 4.98. The van der Waals surface area contributed by atoms with Crippen LogP contribution in [0, 0.1) is 0 Å². The maximum Gasteiger partial charge on any atom is 0.252 e. The molecule has 0 aliphatic heterocycles. The van der Waals surface area contributed by atoms with Gasteiger partial charge in [-0.25, -0.2) is 4.98 Å². The topological polar surface area (TPSA) is 76.2 Å². The summed E-state index contributed by atoms with van der Waals surface area (Å²) in [5.41, 5.74) is 1.94. The highest BCUT2D eigenvalue weighted by Crippen LogP contribution is 2.24. The monoisotopic (exact) mass is 385 g/mol. The van der Waals surface area contributed by atoms with Crippen LogP contribution in [-0.2, 0) is 0 Å². The van der Waals surface area contributed by atoms with E-state index in [9.17, 15) is 4.79 Å². The third kappa shape index (κ3) is 4.62. The molecule has 0 aliphatic carbocycles. The number of H-pyrrole nitrogens is 1. The van der Waals surface area contributed by atoms with E-state index in [0.717, 1.165) is 28.5 Å². The molecule has 6 heteroatoms. The first-order valence-electron chi connectivity index (χ1n) is 9.05. The maximum absolute atomic E-state index is 12.1. The number of nitrogens with zero attached hydrogens (tertiary/aromatic N) is 1. The quantitative estimate of drug-likeness (QED) is 0.489. The Kier molecular flexibility index (Phi) is 5.25. The number of hydrogen-bond donors (Lipinski definition) is 2. The van der Waals surface area contributed by atoms with Crippen LogP contribution >= 0.6 is 0 Å². The van der Waals surface area contributed by atoms with Crippen molar-refractivity contribution in [2.24, 2.45) is 0 Å². The molecule has 0 saturated carbocycles.